The second-order valence-corrected chi connectivity index (χ2v) is 5.60. The van der Waals surface area contributed by atoms with E-state index in [0.717, 1.165) is 0 Å². The van der Waals surface area contributed by atoms with Gasteiger partial charge in [0.25, 0.3) is 5.91 Å². The van der Waals surface area contributed by atoms with Gasteiger partial charge in [0, 0.05) is 0 Å². The lowest BCUT2D eigenvalue weighted by Gasteiger charge is -2.13. The number of halogens is 1. The van der Waals surface area contributed by atoms with Gasteiger partial charge in [-0.25, -0.2) is 9.59 Å². The predicted octanol–water partition coefficient (Wildman–Crippen LogP) is 1.26. The molecule has 25 heavy (non-hydrogen) atoms. The molecule has 0 spiro atoms. The van der Waals surface area contributed by atoms with E-state index in [0.29, 0.717) is 15.7 Å². The number of hydrogen-bond acceptors (Lipinski definition) is 6. The standard InChI is InChI=1S/C15H14IN3O6/c1-2-24-11-5-8(3-9(6-17)14(22)19-15(18)23)4-10(16)13(11)25-7-12(20)21/h3-5H,2,7H2,1H3,(H,20,21)(H3,18,19,22,23)/b9-3-. The number of nitriles is 1. The molecule has 0 fully saturated rings. The maximum absolute atomic E-state index is 11.7. The van der Waals surface area contributed by atoms with Crippen LogP contribution in [0.3, 0.4) is 0 Å². The summed E-state index contributed by atoms with van der Waals surface area (Å²) in [6.07, 6.45) is 1.24. The molecule has 0 aliphatic carbocycles. The lowest BCUT2D eigenvalue weighted by molar-refractivity contribution is -0.139. The van der Waals surface area contributed by atoms with E-state index in [2.05, 4.69) is 0 Å². The molecule has 0 saturated heterocycles. The number of urea groups is 1. The molecule has 0 bridgehead atoms. The highest BCUT2D eigenvalue weighted by molar-refractivity contribution is 14.1. The number of carbonyl (C=O) groups is 3. The predicted molar refractivity (Wildman–Crippen MR) is 94.8 cm³/mol. The zero-order chi connectivity index (χ0) is 19.0. The van der Waals surface area contributed by atoms with Crippen molar-refractivity contribution in [3.63, 3.8) is 0 Å². The topological polar surface area (TPSA) is 152 Å². The van der Waals surface area contributed by atoms with Gasteiger partial charge in [-0.1, -0.05) is 0 Å². The van der Waals surface area contributed by atoms with Crippen LogP contribution in [-0.2, 0) is 9.59 Å². The number of amides is 3. The second kappa shape index (κ2) is 9.48. The Bertz CT molecular complexity index is 769. The van der Waals surface area contributed by atoms with Crippen LogP contribution in [0.5, 0.6) is 11.5 Å². The third-order valence-corrected chi connectivity index (χ3v) is 3.39. The molecule has 0 atom stereocenters. The summed E-state index contributed by atoms with van der Waals surface area (Å²) in [5.41, 5.74) is 4.94. The van der Waals surface area contributed by atoms with E-state index < -0.39 is 24.5 Å². The molecule has 1 aromatic rings. The first-order chi connectivity index (χ1) is 11.8. The van der Waals surface area contributed by atoms with Gasteiger partial charge < -0.3 is 20.3 Å². The van der Waals surface area contributed by atoms with Gasteiger partial charge >= 0.3 is 12.0 Å². The Balaban J connectivity index is 3.26. The van der Waals surface area contributed by atoms with Crippen molar-refractivity contribution in [2.24, 2.45) is 5.73 Å². The monoisotopic (exact) mass is 459 g/mol. The highest BCUT2D eigenvalue weighted by Crippen LogP contribution is 2.35. The quantitative estimate of drug-likeness (QED) is 0.315. The molecule has 0 aliphatic rings. The number of nitrogens with one attached hydrogen (secondary N) is 1. The largest absolute Gasteiger partial charge is 0.490 e. The average Bonchev–Trinajstić information content (AvgIpc) is 2.51. The number of aliphatic carboxylic acids is 1. The number of primary amides is 1. The minimum atomic E-state index is -1.14. The van der Waals surface area contributed by atoms with E-state index in [1.165, 1.54) is 12.1 Å². The van der Waals surface area contributed by atoms with Crippen molar-refractivity contribution >= 4 is 46.6 Å². The summed E-state index contributed by atoms with van der Waals surface area (Å²) in [7, 11) is 0. The van der Waals surface area contributed by atoms with Gasteiger partial charge in [-0.3, -0.25) is 10.1 Å². The molecule has 1 aromatic carbocycles. The van der Waals surface area contributed by atoms with Crippen molar-refractivity contribution in [3.8, 4) is 17.6 Å². The number of nitrogens with zero attached hydrogens (tertiary/aromatic N) is 1. The van der Waals surface area contributed by atoms with Crippen molar-refractivity contribution in [2.75, 3.05) is 13.2 Å². The van der Waals surface area contributed by atoms with Gasteiger partial charge in [-0.15, -0.1) is 0 Å². The first kappa shape index (κ1) is 20.2. The second-order valence-electron chi connectivity index (χ2n) is 4.43. The van der Waals surface area contributed by atoms with Crippen LogP contribution in [-0.4, -0.2) is 36.2 Å². The molecule has 1 rings (SSSR count). The van der Waals surface area contributed by atoms with Crippen molar-refractivity contribution in [3.05, 3.63) is 26.8 Å². The number of carboxylic acids is 1. The molecular formula is C15H14IN3O6. The van der Waals surface area contributed by atoms with Gasteiger partial charge in [-0.05, 0) is 53.3 Å². The molecule has 9 nitrogen and oxygen atoms in total. The highest BCUT2D eigenvalue weighted by atomic mass is 127. The van der Waals surface area contributed by atoms with Crippen molar-refractivity contribution in [1.82, 2.24) is 5.32 Å². The van der Waals surface area contributed by atoms with E-state index >= 15 is 0 Å². The summed E-state index contributed by atoms with van der Waals surface area (Å²) in [6, 6.07) is 3.64. The zero-order valence-corrected chi connectivity index (χ0v) is 15.2. The van der Waals surface area contributed by atoms with Gasteiger partial charge in [0.15, 0.2) is 18.1 Å². The highest BCUT2D eigenvalue weighted by Gasteiger charge is 2.15. The number of hydrogen-bond donors (Lipinski definition) is 3. The number of imide groups is 1. The summed E-state index contributed by atoms with van der Waals surface area (Å²) >= 11 is 1.91. The molecule has 0 unspecified atom stereocenters. The molecule has 132 valence electrons. The third-order valence-electron chi connectivity index (χ3n) is 2.58. The molecule has 3 amide bonds. The Labute approximate surface area is 156 Å². The Hall–Kier alpha value is -2.81. The van der Waals surface area contributed by atoms with Crippen LogP contribution in [0.1, 0.15) is 12.5 Å². The molecule has 0 heterocycles. The van der Waals surface area contributed by atoms with Gasteiger partial charge in [0.05, 0.1) is 10.2 Å². The Morgan fingerprint density at radius 1 is 1.40 bits per heavy atom. The van der Waals surface area contributed by atoms with Crippen LogP contribution >= 0.6 is 22.6 Å². The van der Waals surface area contributed by atoms with Gasteiger partial charge in [0.1, 0.15) is 11.6 Å². The molecule has 0 aliphatic heterocycles. The zero-order valence-electron chi connectivity index (χ0n) is 13.0. The molecule has 4 N–H and O–H groups in total. The van der Waals surface area contributed by atoms with E-state index in [-0.39, 0.29) is 17.1 Å². The summed E-state index contributed by atoms with van der Waals surface area (Å²) < 4.78 is 11.1. The number of rotatable bonds is 7. The Morgan fingerprint density at radius 2 is 2.08 bits per heavy atom. The number of carboxylic acid groups (broad SMARTS) is 1. The van der Waals surface area contributed by atoms with Crippen molar-refractivity contribution in [2.45, 2.75) is 6.92 Å². The summed E-state index contributed by atoms with van der Waals surface area (Å²) in [5.74, 6) is -1.58. The van der Waals surface area contributed by atoms with Crippen LogP contribution in [0.15, 0.2) is 17.7 Å². The summed E-state index contributed by atoms with van der Waals surface area (Å²) in [4.78, 5) is 33.1. The maximum Gasteiger partial charge on any atom is 0.341 e. The van der Waals surface area contributed by atoms with E-state index in [4.69, 9.17) is 25.6 Å². The van der Waals surface area contributed by atoms with E-state index in [9.17, 15) is 14.4 Å². The van der Waals surface area contributed by atoms with E-state index in [1.54, 1.807) is 24.4 Å². The van der Waals surface area contributed by atoms with Crippen LogP contribution in [0, 0.1) is 14.9 Å². The van der Waals surface area contributed by atoms with Crippen LogP contribution < -0.4 is 20.5 Å². The lowest BCUT2D eigenvalue weighted by Crippen LogP contribution is -2.35. The molecular weight excluding hydrogens is 445 g/mol. The van der Waals surface area contributed by atoms with Crippen LogP contribution in [0.2, 0.25) is 0 Å². The van der Waals surface area contributed by atoms with Gasteiger partial charge in [-0.2, -0.15) is 5.26 Å². The number of benzene rings is 1. The third kappa shape index (κ3) is 6.30. The SMILES string of the molecule is CCOc1cc(/C=C(/C#N)C(=O)NC(N)=O)cc(I)c1OCC(=O)O. The van der Waals surface area contributed by atoms with Gasteiger partial charge in [0.2, 0.25) is 0 Å². The number of ether oxygens (including phenoxy) is 2. The average molecular weight is 459 g/mol. The fourth-order valence-corrected chi connectivity index (χ4v) is 2.48. The molecule has 0 saturated carbocycles. The first-order valence-corrected chi connectivity index (χ1v) is 7.89. The normalized spacial score (nSPS) is 10.5. The fourth-order valence-electron chi connectivity index (χ4n) is 1.70. The number of nitrogens with two attached hydrogens (primary N) is 1. The minimum absolute atomic E-state index is 0.238. The Morgan fingerprint density at radius 3 is 2.60 bits per heavy atom. The van der Waals surface area contributed by atoms with Crippen molar-refractivity contribution in [1.29, 1.82) is 5.26 Å². The molecule has 0 radical (unpaired) electrons. The fraction of sp³-hybridized carbons (Fsp3) is 0.200. The van der Waals surface area contributed by atoms with Crippen molar-refractivity contribution < 1.29 is 29.0 Å². The summed E-state index contributed by atoms with van der Waals surface area (Å²) in [5, 5.41) is 19.6. The van der Waals surface area contributed by atoms with E-state index in [1.807, 2.05) is 22.6 Å². The first-order valence-electron chi connectivity index (χ1n) is 6.82. The van der Waals surface area contributed by atoms with Crippen LogP contribution in [0.25, 0.3) is 6.08 Å². The maximum atomic E-state index is 11.7. The Kier molecular flexibility index (Phi) is 7.67. The minimum Gasteiger partial charge on any atom is -0.490 e. The number of carbonyl (C=O) groups excluding carboxylic acids is 2. The van der Waals surface area contributed by atoms with Crippen LogP contribution in [0.4, 0.5) is 4.79 Å². The smallest absolute Gasteiger partial charge is 0.341 e. The molecule has 10 heteroatoms. The lowest BCUT2D eigenvalue weighted by atomic mass is 10.1. The molecule has 0 aromatic heterocycles. The summed E-state index contributed by atoms with van der Waals surface area (Å²) in [6.45, 7) is 1.48.